The van der Waals surface area contributed by atoms with Crippen LogP contribution in [0.3, 0.4) is 0 Å². The highest BCUT2D eigenvalue weighted by Gasteiger charge is 2.28. The maximum absolute atomic E-state index is 8.82. The summed E-state index contributed by atoms with van der Waals surface area (Å²) in [6, 6.07) is 4.21. The molecule has 0 bridgehead atoms. The molecule has 16 heavy (non-hydrogen) atoms. The molecule has 0 radical (unpaired) electrons. The molecule has 0 saturated carbocycles. The zero-order valence-electron chi connectivity index (χ0n) is 9.72. The molecule has 0 N–H and O–H groups in total. The molecular formula is C12H16N4. The topological polar surface area (TPSA) is 52.8 Å². The third-order valence-electron chi connectivity index (χ3n) is 3.08. The molecule has 1 aliphatic heterocycles. The Morgan fingerprint density at radius 2 is 2.38 bits per heavy atom. The van der Waals surface area contributed by atoms with Gasteiger partial charge in [0.25, 0.3) is 0 Å². The lowest BCUT2D eigenvalue weighted by Crippen LogP contribution is -2.34. The summed E-state index contributed by atoms with van der Waals surface area (Å²) in [5, 5.41) is 8.82. The number of rotatable bonds is 2. The fourth-order valence-corrected chi connectivity index (χ4v) is 2.28. The molecule has 2 heterocycles. The highest BCUT2D eigenvalue weighted by atomic mass is 15.3. The van der Waals surface area contributed by atoms with Gasteiger partial charge < -0.3 is 4.90 Å². The second-order valence-corrected chi connectivity index (χ2v) is 4.50. The van der Waals surface area contributed by atoms with Crippen LogP contribution in [0.4, 0.5) is 5.95 Å². The van der Waals surface area contributed by atoms with Crippen LogP contribution in [0.15, 0.2) is 12.3 Å². The lowest BCUT2D eigenvalue weighted by molar-refractivity contribution is 0.487. The first-order valence-electron chi connectivity index (χ1n) is 5.72. The van der Waals surface area contributed by atoms with Gasteiger partial charge in [-0.2, -0.15) is 5.26 Å². The zero-order chi connectivity index (χ0) is 11.5. The van der Waals surface area contributed by atoms with E-state index in [9.17, 15) is 0 Å². The van der Waals surface area contributed by atoms with Gasteiger partial charge in [0, 0.05) is 18.8 Å². The molecule has 0 aromatic carbocycles. The van der Waals surface area contributed by atoms with Crippen LogP contribution in [0.5, 0.6) is 0 Å². The normalized spacial score (nSPS) is 20.1. The van der Waals surface area contributed by atoms with Gasteiger partial charge in [0.15, 0.2) is 0 Å². The molecule has 84 valence electrons. The van der Waals surface area contributed by atoms with Crippen LogP contribution in [0.25, 0.3) is 0 Å². The molecule has 1 aromatic heterocycles. The van der Waals surface area contributed by atoms with Gasteiger partial charge in [0.1, 0.15) is 11.8 Å². The Balaban J connectivity index is 2.26. The molecule has 2 rings (SSSR count). The van der Waals surface area contributed by atoms with Crippen LogP contribution in [-0.4, -0.2) is 22.6 Å². The summed E-state index contributed by atoms with van der Waals surface area (Å²) in [6.45, 7) is 5.44. The van der Waals surface area contributed by atoms with E-state index in [1.165, 1.54) is 12.8 Å². The summed E-state index contributed by atoms with van der Waals surface area (Å²) in [5.41, 5.74) is 0.444. The molecule has 1 atom stereocenters. The standard InChI is InChI=1S/C12H16N4/c1-9(2)11-4-3-7-16(11)12-14-6-5-10(8-13)15-12/h5-6,9,11H,3-4,7H2,1-2H3. The smallest absolute Gasteiger partial charge is 0.226 e. The summed E-state index contributed by atoms with van der Waals surface area (Å²) in [7, 11) is 0. The largest absolute Gasteiger partial charge is 0.338 e. The van der Waals surface area contributed by atoms with E-state index in [2.05, 4.69) is 34.8 Å². The Kier molecular flexibility index (Phi) is 3.04. The average Bonchev–Trinajstić information content (AvgIpc) is 2.78. The summed E-state index contributed by atoms with van der Waals surface area (Å²) < 4.78 is 0. The molecule has 0 amide bonds. The number of hydrogen-bond acceptors (Lipinski definition) is 4. The van der Waals surface area contributed by atoms with Crippen LogP contribution in [0, 0.1) is 17.2 Å². The van der Waals surface area contributed by atoms with Gasteiger partial charge in [-0.1, -0.05) is 13.8 Å². The van der Waals surface area contributed by atoms with Crippen LogP contribution >= 0.6 is 0 Å². The lowest BCUT2D eigenvalue weighted by Gasteiger charge is -2.27. The highest BCUT2D eigenvalue weighted by Crippen LogP contribution is 2.26. The quantitative estimate of drug-likeness (QED) is 0.758. The molecule has 4 heteroatoms. The van der Waals surface area contributed by atoms with E-state index in [-0.39, 0.29) is 0 Å². The van der Waals surface area contributed by atoms with Crippen molar-refractivity contribution in [1.82, 2.24) is 9.97 Å². The van der Waals surface area contributed by atoms with Gasteiger partial charge in [-0.05, 0) is 24.8 Å². The van der Waals surface area contributed by atoms with Gasteiger partial charge in [-0.3, -0.25) is 0 Å². The molecule has 1 aliphatic rings. The summed E-state index contributed by atoms with van der Waals surface area (Å²) in [5.74, 6) is 1.30. The zero-order valence-corrected chi connectivity index (χ0v) is 9.72. The van der Waals surface area contributed by atoms with Crippen molar-refractivity contribution in [2.75, 3.05) is 11.4 Å². The minimum Gasteiger partial charge on any atom is -0.338 e. The van der Waals surface area contributed by atoms with Gasteiger partial charge in [0.05, 0.1) is 0 Å². The third-order valence-corrected chi connectivity index (χ3v) is 3.08. The van der Waals surface area contributed by atoms with Crippen molar-refractivity contribution in [3.05, 3.63) is 18.0 Å². The fraction of sp³-hybridized carbons (Fsp3) is 0.583. The molecule has 4 nitrogen and oxygen atoms in total. The number of anilines is 1. The Labute approximate surface area is 95.9 Å². The Morgan fingerprint density at radius 1 is 1.56 bits per heavy atom. The predicted octanol–water partition coefficient (Wildman–Crippen LogP) is 1.97. The van der Waals surface area contributed by atoms with Crippen molar-refractivity contribution < 1.29 is 0 Å². The number of aromatic nitrogens is 2. The van der Waals surface area contributed by atoms with Crippen molar-refractivity contribution >= 4 is 5.95 Å². The first-order chi connectivity index (χ1) is 7.72. The predicted molar refractivity (Wildman–Crippen MR) is 62.0 cm³/mol. The third kappa shape index (κ3) is 1.99. The van der Waals surface area contributed by atoms with Crippen molar-refractivity contribution in [2.24, 2.45) is 5.92 Å². The van der Waals surface area contributed by atoms with E-state index in [0.29, 0.717) is 23.6 Å². The maximum atomic E-state index is 8.82. The number of hydrogen-bond donors (Lipinski definition) is 0. The van der Waals surface area contributed by atoms with Gasteiger partial charge >= 0.3 is 0 Å². The minimum absolute atomic E-state index is 0.444. The Bertz CT molecular complexity index is 408. The van der Waals surface area contributed by atoms with E-state index in [1.807, 2.05) is 0 Å². The molecule has 1 unspecified atom stereocenters. The second-order valence-electron chi connectivity index (χ2n) is 4.50. The number of nitrogens with zero attached hydrogens (tertiary/aromatic N) is 4. The summed E-state index contributed by atoms with van der Waals surface area (Å²) >= 11 is 0. The van der Waals surface area contributed by atoms with Gasteiger partial charge in [0.2, 0.25) is 5.95 Å². The molecular weight excluding hydrogens is 200 g/mol. The van der Waals surface area contributed by atoms with E-state index >= 15 is 0 Å². The lowest BCUT2D eigenvalue weighted by atomic mass is 10.0. The Morgan fingerprint density at radius 3 is 3.06 bits per heavy atom. The summed E-state index contributed by atoms with van der Waals surface area (Å²) in [6.07, 6.45) is 4.04. The molecule has 0 aliphatic carbocycles. The first kappa shape index (κ1) is 10.9. The molecule has 1 aromatic rings. The maximum Gasteiger partial charge on any atom is 0.226 e. The average molecular weight is 216 g/mol. The Hall–Kier alpha value is -1.63. The van der Waals surface area contributed by atoms with Crippen molar-refractivity contribution in [2.45, 2.75) is 32.7 Å². The minimum atomic E-state index is 0.444. The molecule has 0 spiro atoms. The SMILES string of the molecule is CC(C)C1CCCN1c1nccc(C#N)n1. The van der Waals surface area contributed by atoms with Gasteiger partial charge in [-0.15, -0.1) is 0 Å². The van der Waals surface area contributed by atoms with E-state index in [1.54, 1.807) is 12.3 Å². The summed E-state index contributed by atoms with van der Waals surface area (Å²) in [4.78, 5) is 10.8. The monoisotopic (exact) mass is 216 g/mol. The van der Waals surface area contributed by atoms with Crippen LogP contribution in [0.1, 0.15) is 32.4 Å². The molecule has 1 fully saturated rings. The molecule has 1 saturated heterocycles. The highest BCUT2D eigenvalue weighted by molar-refractivity contribution is 5.36. The van der Waals surface area contributed by atoms with Crippen molar-refractivity contribution in [3.8, 4) is 6.07 Å². The van der Waals surface area contributed by atoms with Crippen LogP contribution in [-0.2, 0) is 0 Å². The van der Waals surface area contributed by atoms with Crippen molar-refractivity contribution in [1.29, 1.82) is 5.26 Å². The van der Waals surface area contributed by atoms with Gasteiger partial charge in [-0.25, -0.2) is 9.97 Å². The number of nitriles is 1. The first-order valence-corrected chi connectivity index (χ1v) is 5.72. The van der Waals surface area contributed by atoms with E-state index < -0.39 is 0 Å². The fourth-order valence-electron chi connectivity index (χ4n) is 2.28. The van der Waals surface area contributed by atoms with Crippen LogP contribution in [0.2, 0.25) is 0 Å². The van der Waals surface area contributed by atoms with Crippen LogP contribution < -0.4 is 4.90 Å². The van der Waals surface area contributed by atoms with Crippen molar-refractivity contribution in [3.63, 3.8) is 0 Å². The second kappa shape index (κ2) is 4.48. The van der Waals surface area contributed by atoms with E-state index in [4.69, 9.17) is 5.26 Å². The van der Waals surface area contributed by atoms with E-state index in [0.717, 1.165) is 6.54 Å².